The van der Waals surface area contributed by atoms with Gasteiger partial charge in [0.05, 0.1) is 11.6 Å². The highest BCUT2D eigenvalue weighted by atomic mass is 127. The Labute approximate surface area is 125 Å². The van der Waals surface area contributed by atoms with Crippen LogP contribution >= 0.6 is 22.6 Å². The second-order valence-corrected chi connectivity index (χ2v) is 5.35. The molecule has 0 fully saturated rings. The Hall–Kier alpha value is -1.87. The van der Waals surface area contributed by atoms with Crippen molar-refractivity contribution in [3.05, 3.63) is 62.7 Å². The van der Waals surface area contributed by atoms with E-state index in [0.29, 0.717) is 11.1 Å². The van der Waals surface area contributed by atoms with E-state index < -0.39 is 0 Å². The van der Waals surface area contributed by atoms with Gasteiger partial charge in [-0.15, -0.1) is 0 Å². The molecule has 1 amide bonds. The molecule has 4 heteroatoms. The minimum Gasteiger partial charge on any atom is -0.322 e. The number of anilines is 1. The molecule has 1 N–H and O–H groups in total. The third kappa shape index (κ3) is 3.32. The molecular formula is C15H11IN2O. The summed E-state index contributed by atoms with van der Waals surface area (Å²) in [5.41, 5.74) is 2.76. The van der Waals surface area contributed by atoms with Crippen LogP contribution in [0.3, 0.4) is 0 Å². The molecule has 0 spiro atoms. The van der Waals surface area contributed by atoms with Crippen LogP contribution in [0.5, 0.6) is 0 Å². The monoisotopic (exact) mass is 362 g/mol. The van der Waals surface area contributed by atoms with Crippen LogP contribution < -0.4 is 5.32 Å². The van der Waals surface area contributed by atoms with Gasteiger partial charge in [0.15, 0.2) is 0 Å². The van der Waals surface area contributed by atoms with E-state index in [1.807, 2.05) is 31.2 Å². The number of nitrogens with one attached hydrogen (secondary N) is 1. The molecule has 19 heavy (non-hydrogen) atoms. The minimum atomic E-state index is -0.207. The van der Waals surface area contributed by atoms with Gasteiger partial charge in [-0.1, -0.05) is 6.07 Å². The number of benzene rings is 2. The molecule has 3 nitrogen and oxygen atoms in total. The summed E-state index contributed by atoms with van der Waals surface area (Å²) in [6.45, 7) is 1.95. The minimum absolute atomic E-state index is 0.207. The van der Waals surface area contributed by atoms with E-state index >= 15 is 0 Å². The first-order chi connectivity index (χ1) is 9.10. The summed E-state index contributed by atoms with van der Waals surface area (Å²) < 4.78 is 1.12. The number of hydrogen-bond donors (Lipinski definition) is 1. The lowest BCUT2D eigenvalue weighted by Gasteiger charge is -2.08. The quantitative estimate of drug-likeness (QED) is 0.828. The van der Waals surface area contributed by atoms with E-state index in [2.05, 4.69) is 27.9 Å². The van der Waals surface area contributed by atoms with Gasteiger partial charge in [0.25, 0.3) is 5.91 Å². The zero-order valence-electron chi connectivity index (χ0n) is 10.3. The fourth-order valence-electron chi connectivity index (χ4n) is 1.69. The third-order valence-corrected chi connectivity index (χ3v) is 3.36. The number of amides is 1. The molecule has 0 saturated carbocycles. The maximum Gasteiger partial charge on any atom is 0.255 e. The summed E-state index contributed by atoms with van der Waals surface area (Å²) in [4.78, 5) is 12.1. The van der Waals surface area contributed by atoms with E-state index in [9.17, 15) is 4.79 Å². The van der Waals surface area contributed by atoms with Gasteiger partial charge < -0.3 is 5.32 Å². The summed E-state index contributed by atoms with van der Waals surface area (Å²) in [6.07, 6.45) is 0. The van der Waals surface area contributed by atoms with Crippen molar-refractivity contribution in [2.24, 2.45) is 0 Å². The van der Waals surface area contributed by atoms with Crippen LogP contribution in [-0.2, 0) is 0 Å². The molecular weight excluding hydrogens is 351 g/mol. The molecule has 0 aliphatic heterocycles. The zero-order valence-corrected chi connectivity index (χ0v) is 12.4. The highest BCUT2D eigenvalue weighted by Gasteiger charge is 2.08. The average molecular weight is 362 g/mol. The normalized spacial score (nSPS) is 9.74. The largest absolute Gasteiger partial charge is 0.322 e. The molecule has 2 aromatic carbocycles. The lowest BCUT2D eigenvalue weighted by molar-refractivity contribution is 0.102. The first kappa shape index (κ1) is 13.6. The summed E-state index contributed by atoms with van der Waals surface area (Å²) in [5.74, 6) is -0.207. The Morgan fingerprint density at radius 2 is 2.05 bits per heavy atom. The lowest BCUT2D eigenvalue weighted by atomic mass is 10.1. The number of rotatable bonds is 2. The first-order valence-electron chi connectivity index (χ1n) is 5.68. The van der Waals surface area contributed by atoms with Crippen LogP contribution in [0.25, 0.3) is 0 Å². The van der Waals surface area contributed by atoms with Gasteiger partial charge in [-0.2, -0.15) is 5.26 Å². The molecule has 0 unspecified atom stereocenters. The fourth-order valence-corrected chi connectivity index (χ4v) is 2.34. The van der Waals surface area contributed by atoms with E-state index in [1.165, 1.54) is 0 Å². The molecule has 0 aromatic heterocycles. The van der Waals surface area contributed by atoms with Crippen molar-refractivity contribution in [2.45, 2.75) is 6.92 Å². The van der Waals surface area contributed by atoms with Crippen molar-refractivity contribution in [3.63, 3.8) is 0 Å². The highest BCUT2D eigenvalue weighted by Crippen LogP contribution is 2.18. The van der Waals surface area contributed by atoms with Gasteiger partial charge >= 0.3 is 0 Å². The van der Waals surface area contributed by atoms with E-state index in [4.69, 9.17) is 5.26 Å². The topological polar surface area (TPSA) is 52.9 Å². The Morgan fingerprint density at radius 3 is 2.74 bits per heavy atom. The number of aryl methyl sites for hydroxylation is 1. The number of carbonyl (C=O) groups excluding carboxylic acids is 1. The Balaban J connectivity index is 2.23. The molecule has 0 bridgehead atoms. The molecule has 2 aromatic rings. The zero-order chi connectivity index (χ0) is 13.8. The number of halogens is 1. The number of nitrogens with zero attached hydrogens (tertiary/aromatic N) is 1. The van der Waals surface area contributed by atoms with Crippen molar-refractivity contribution in [3.8, 4) is 6.07 Å². The summed E-state index contributed by atoms with van der Waals surface area (Å²) in [6, 6.07) is 14.5. The predicted molar refractivity (Wildman–Crippen MR) is 83.0 cm³/mol. The summed E-state index contributed by atoms with van der Waals surface area (Å²) in [5, 5.41) is 11.7. The number of nitriles is 1. The van der Waals surface area contributed by atoms with Crippen molar-refractivity contribution in [2.75, 3.05) is 5.32 Å². The average Bonchev–Trinajstić information content (AvgIpc) is 2.42. The Kier molecular flexibility index (Phi) is 4.17. The molecule has 0 heterocycles. The van der Waals surface area contributed by atoms with Gasteiger partial charge in [0.1, 0.15) is 0 Å². The second kappa shape index (κ2) is 5.85. The summed E-state index contributed by atoms with van der Waals surface area (Å²) in [7, 11) is 0. The molecule has 0 aliphatic carbocycles. The van der Waals surface area contributed by atoms with Crippen LogP contribution in [0.2, 0.25) is 0 Å². The van der Waals surface area contributed by atoms with Crippen LogP contribution in [0, 0.1) is 21.8 Å². The second-order valence-electron chi connectivity index (χ2n) is 4.11. The predicted octanol–water partition coefficient (Wildman–Crippen LogP) is 3.72. The SMILES string of the molecule is Cc1cc(I)ccc1NC(=O)c1cccc(C#N)c1. The van der Waals surface area contributed by atoms with E-state index in [0.717, 1.165) is 14.8 Å². The van der Waals surface area contributed by atoms with Crippen LogP contribution in [0.15, 0.2) is 42.5 Å². The van der Waals surface area contributed by atoms with Gasteiger partial charge in [0, 0.05) is 14.8 Å². The molecule has 0 aliphatic rings. The molecule has 94 valence electrons. The fraction of sp³-hybridized carbons (Fsp3) is 0.0667. The van der Waals surface area contributed by atoms with Crippen LogP contribution in [0.4, 0.5) is 5.69 Å². The van der Waals surface area contributed by atoms with Gasteiger partial charge in [-0.25, -0.2) is 0 Å². The molecule has 0 atom stereocenters. The van der Waals surface area contributed by atoms with Crippen LogP contribution in [-0.4, -0.2) is 5.91 Å². The molecule has 0 saturated heterocycles. The number of carbonyl (C=O) groups is 1. The van der Waals surface area contributed by atoms with Crippen molar-refractivity contribution >= 4 is 34.2 Å². The van der Waals surface area contributed by atoms with Crippen molar-refractivity contribution in [1.29, 1.82) is 5.26 Å². The molecule has 0 radical (unpaired) electrons. The Bertz CT molecular complexity index is 674. The van der Waals surface area contributed by atoms with Gasteiger partial charge in [-0.3, -0.25) is 4.79 Å². The first-order valence-corrected chi connectivity index (χ1v) is 6.75. The highest BCUT2D eigenvalue weighted by molar-refractivity contribution is 14.1. The van der Waals surface area contributed by atoms with Gasteiger partial charge in [-0.05, 0) is 71.5 Å². The standard InChI is InChI=1S/C15H11IN2O/c1-10-7-13(16)5-6-14(10)18-15(19)12-4-2-3-11(8-12)9-17/h2-8H,1H3,(H,18,19). The maximum absolute atomic E-state index is 12.1. The van der Waals surface area contributed by atoms with Crippen molar-refractivity contribution < 1.29 is 4.79 Å². The Morgan fingerprint density at radius 1 is 1.26 bits per heavy atom. The van der Waals surface area contributed by atoms with Crippen molar-refractivity contribution in [1.82, 2.24) is 0 Å². The number of hydrogen-bond acceptors (Lipinski definition) is 2. The maximum atomic E-state index is 12.1. The van der Waals surface area contributed by atoms with E-state index in [1.54, 1.807) is 24.3 Å². The smallest absolute Gasteiger partial charge is 0.255 e. The molecule has 2 rings (SSSR count). The van der Waals surface area contributed by atoms with E-state index in [-0.39, 0.29) is 5.91 Å². The lowest BCUT2D eigenvalue weighted by Crippen LogP contribution is -2.12. The summed E-state index contributed by atoms with van der Waals surface area (Å²) >= 11 is 2.23. The third-order valence-electron chi connectivity index (χ3n) is 2.69. The van der Waals surface area contributed by atoms with Gasteiger partial charge in [0.2, 0.25) is 0 Å². The van der Waals surface area contributed by atoms with Crippen LogP contribution in [0.1, 0.15) is 21.5 Å².